The number of ketones is 2. The van der Waals surface area contributed by atoms with Gasteiger partial charge in [-0.3, -0.25) is 19.7 Å². The number of nitrogens with one attached hydrogen (secondary N) is 1. The second-order valence-corrected chi connectivity index (χ2v) is 9.04. The number of fused-ring (bicyclic) bond motifs is 1. The molecule has 39 heavy (non-hydrogen) atoms. The highest BCUT2D eigenvalue weighted by atomic mass is 16.5. The summed E-state index contributed by atoms with van der Waals surface area (Å²) >= 11 is 0. The number of hydrogen-bond acceptors (Lipinski definition) is 9. The molecule has 2 N–H and O–H groups in total. The van der Waals surface area contributed by atoms with Crippen molar-refractivity contribution in [1.82, 2.24) is 9.47 Å². The summed E-state index contributed by atoms with van der Waals surface area (Å²) in [4.78, 5) is 52.8. The van der Waals surface area contributed by atoms with Crippen molar-refractivity contribution in [1.29, 1.82) is 0 Å². The number of anilines is 1. The summed E-state index contributed by atoms with van der Waals surface area (Å²) in [5, 5.41) is 12.3. The van der Waals surface area contributed by atoms with Crippen LogP contribution in [0.15, 0.2) is 42.2 Å². The number of carbonyl (C=O) groups is 4. The van der Waals surface area contributed by atoms with Crippen molar-refractivity contribution in [2.45, 2.75) is 19.1 Å². The molecular formula is C27H29N3O9. The summed E-state index contributed by atoms with van der Waals surface area (Å²) in [5.74, 6) is -0.832. The van der Waals surface area contributed by atoms with E-state index in [-0.39, 0.29) is 59.5 Å². The van der Waals surface area contributed by atoms with Gasteiger partial charge in [0.1, 0.15) is 12.3 Å². The van der Waals surface area contributed by atoms with Crippen LogP contribution in [0.2, 0.25) is 0 Å². The van der Waals surface area contributed by atoms with Crippen molar-refractivity contribution in [3.05, 3.63) is 64.7 Å². The van der Waals surface area contributed by atoms with Gasteiger partial charge in [-0.25, -0.2) is 4.79 Å². The second kappa shape index (κ2) is 11.0. The topological polar surface area (TPSA) is 146 Å². The minimum absolute atomic E-state index is 0.0704. The molecule has 2 amide bonds. The fourth-order valence-corrected chi connectivity index (χ4v) is 4.68. The highest BCUT2D eigenvalue weighted by Gasteiger charge is 2.34. The van der Waals surface area contributed by atoms with Crippen molar-refractivity contribution in [3.63, 3.8) is 0 Å². The Hall–Kier alpha value is -4.58. The number of benzene rings is 1. The van der Waals surface area contributed by atoms with Gasteiger partial charge >= 0.3 is 6.09 Å². The highest BCUT2D eigenvalue weighted by Crippen LogP contribution is 2.35. The van der Waals surface area contributed by atoms with Crippen molar-refractivity contribution in [3.8, 4) is 11.5 Å². The molecule has 1 aliphatic carbocycles. The summed E-state index contributed by atoms with van der Waals surface area (Å²) < 4.78 is 22.5. The predicted octanol–water partition coefficient (Wildman–Crippen LogP) is 2.46. The zero-order valence-electron chi connectivity index (χ0n) is 22.0. The number of hydrogen-bond donors (Lipinski definition) is 2. The lowest BCUT2D eigenvalue weighted by Crippen LogP contribution is -2.38. The van der Waals surface area contributed by atoms with Crippen LogP contribution < -0.4 is 14.8 Å². The number of likely N-dealkylation sites (tertiary alicyclic amines) is 1. The molecule has 206 valence electrons. The molecule has 1 aromatic heterocycles. The van der Waals surface area contributed by atoms with E-state index in [1.165, 1.54) is 49.0 Å². The molecule has 0 spiro atoms. The van der Waals surface area contributed by atoms with Crippen molar-refractivity contribution in [2.75, 3.05) is 39.8 Å². The van der Waals surface area contributed by atoms with Gasteiger partial charge in [0.15, 0.2) is 17.3 Å². The zero-order chi connectivity index (χ0) is 28.4. The van der Waals surface area contributed by atoms with E-state index < -0.39 is 29.6 Å². The molecule has 0 radical (unpaired) electrons. The molecule has 1 aromatic carbocycles. The van der Waals surface area contributed by atoms with Crippen LogP contribution in [-0.4, -0.2) is 78.7 Å². The molecule has 4 rings (SSSR count). The summed E-state index contributed by atoms with van der Waals surface area (Å²) in [7, 11) is 5.72. The number of rotatable bonds is 8. The number of nitrogens with zero attached hydrogens (tertiary/aromatic N) is 2. The van der Waals surface area contributed by atoms with Crippen LogP contribution in [-0.2, 0) is 23.1 Å². The van der Waals surface area contributed by atoms with Gasteiger partial charge < -0.3 is 33.5 Å². The molecule has 1 fully saturated rings. The largest absolute Gasteiger partial charge is 0.493 e. The molecule has 12 heteroatoms. The molecule has 0 unspecified atom stereocenters. The zero-order valence-corrected chi connectivity index (χ0v) is 22.0. The number of methoxy groups -OCH3 is 3. The molecule has 1 saturated heterocycles. The lowest BCUT2D eigenvalue weighted by atomic mass is 10.0. The van der Waals surface area contributed by atoms with Gasteiger partial charge in [0, 0.05) is 25.7 Å². The van der Waals surface area contributed by atoms with E-state index in [0.717, 1.165) is 11.6 Å². The van der Waals surface area contributed by atoms with Crippen LogP contribution in [0, 0.1) is 0 Å². The maximum atomic E-state index is 13.5. The summed E-state index contributed by atoms with van der Waals surface area (Å²) in [6, 6.07) is 3.90. The second-order valence-electron chi connectivity index (χ2n) is 9.04. The van der Waals surface area contributed by atoms with Crippen molar-refractivity contribution >= 4 is 29.3 Å². The lowest BCUT2D eigenvalue weighted by Gasteiger charge is -2.24. The van der Waals surface area contributed by atoms with Crippen molar-refractivity contribution < 1.29 is 43.2 Å². The fraction of sp³-hybridized carbons (Fsp3) is 0.333. The fourth-order valence-electron chi connectivity index (χ4n) is 4.68. The van der Waals surface area contributed by atoms with Gasteiger partial charge in [-0.05, 0) is 18.6 Å². The average Bonchev–Trinajstić information content (AvgIpc) is 3.48. The monoisotopic (exact) mass is 539 g/mol. The third kappa shape index (κ3) is 5.10. The first-order valence-corrected chi connectivity index (χ1v) is 11.9. The van der Waals surface area contributed by atoms with Crippen LogP contribution in [0.25, 0.3) is 0 Å². The first-order valence-electron chi connectivity index (χ1n) is 11.9. The van der Waals surface area contributed by atoms with Crippen LogP contribution in [0.5, 0.6) is 11.5 Å². The Labute approximate surface area is 224 Å². The normalized spacial score (nSPS) is 16.5. The first kappa shape index (κ1) is 27.5. The molecule has 2 aliphatic rings. The summed E-state index contributed by atoms with van der Waals surface area (Å²) in [6.07, 6.45) is 0.690. The minimum atomic E-state index is -0.895. The van der Waals surface area contributed by atoms with Gasteiger partial charge in [0.25, 0.3) is 5.91 Å². The number of amides is 2. The van der Waals surface area contributed by atoms with Crippen LogP contribution >= 0.6 is 0 Å². The van der Waals surface area contributed by atoms with Gasteiger partial charge in [-0.1, -0.05) is 12.2 Å². The molecule has 0 saturated carbocycles. The number of Topliss-reactive ketones (excluding diaryl/α,β-unsaturated/α-hetero) is 1. The first-order chi connectivity index (χ1) is 18.6. The molecule has 1 aliphatic heterocycles. The Kier molecular flexibility index (Phi) is 7.77. The summed E-state index contributed by atoms with van der Waals surface area (Å²) in [6.45, 7) is 3.67. The quantitative estimate of drug-likeness (QED) is 0.483. The SMILES string of the molecule is C=C1C[C@@H](CO)N(C(=O)c2cc(OC)c(OC)cc2NC(=O)OCc2cc3c(n2C)C(=O)C=C(OC)C3=O)C1. The Balaban J connectivity index is 1.56. The van der Waals surface area contributed by atoms with E-state index in [9.17, 15) is 24.3 Å². The van der Waals surface area contributed by atoms with E-state index in [0.29, 0.717) is 12.1 Å². The Morgan fingerprint density at radius 2 is 1.79 bits per heavy atom. The average molecular weight is 540 g/mol. The Morgan fingerprint density at radius 3 is 2.44 bits per heavy atom. The van der Waals surface area contributed by atoms with Crippen LogP contribution in [0.1, 0.15) is 43.3 Å². The Morgan fingerprint density at radius 1 is 1.10 bits per heavy atom. The number of ether oxygens (including phenoxy) is 4. The molecular weight excluding hydrogens is 510 g/mol. The standard InChI is InChI=1S/C27H29N3O9/c1-14-6-15(12-31)30(11-14)26(34)17-8-21(36-3)22(37-4)9-19(17)28-27(35)39-13-16-7-18-24(29(16)2)20(32)10-23(38-5)25(18)33/h7-10,15,31H,1,6,11-13H2,2-5H3,(H,28,35)/t15-/m0/s1. The summed E-state index contributed by atoms with van der Waals surface area (Å²) in [5.41, 5.74) is 1.71. The molecule has 0 bridgehead atoms. The van der Waals surface area contributed by atoms with Crippen molar-refractivity contribution in [2.24, 2.45) is 7.05 Å². The molecule has 2 aromatic rings. The van der Waals surface area contributed by atoms with E-state index in [1.807, 2.05) is 0 Å². The molecule has 2 heterocycles. The van der Waals surface area contributed by atoms with Gasteiger partial charge in [0.05, 0.1) is 56.5 Å². The van der Waals surface area contributed by atoms with Gasteiger partial charge in [-0.2, -0.15) is 0 Å². The number of allylic oxidation sites excluding steroid dienone is 2. The minimum Gasteiger partial charge on any atom is -0.493 e. The molecule has 12 nitrogen and oxygen atoms in total. The van der Waals surface area contributed by atoms with E-state index in [1.54, 1.807) is 7.05 Å². The number of aliphatic hydroxyl groups is 1. The van der Waals surface area contributed by atoms with Gasteiger partial charge in [-0.15, -0.1) is 0 Å². The van der Waals surface area contributed by atoms with E-state index in [4.69, 9.17) is 18.9 Å². The third-order valence-corrected chi connectivity index (χ3v) is 6.69. The van der Waals surface area contributed by atoms with E-state index >= 15 is 0 Å². The Bertz CT molecular complexity index is 1410. The number of aromatic nitrogens is 1. The lowest BCUT2D eigenvalue weighted by molar-refractivity contribution is 0.0679. The van der Waals surface area contributed by atoms with Crippen LogP contribution in [0.3, 0.4) is 0 Å². The van der Waals surface area contributed by atoms with E-state index in [2.05, 4.69) is 11.9 Å². The van der Waals surface area contributed by atoms with Gasteiger partial charge in [0.2, 0.25) is 11.6 Å². The maximum absolute atomic E-state index is 13.5. The third-order valence-electron chi connectivity index (χ3n) is 6.69. The number of carbonyl (C=O) groups excluding carboxylic acids is 4. The maximum Gasteiger partial charge on any atom is 0.412 e. The number of aliphatic hydroxyl groups excluding tert-OH is 1. The molecule has 1 atom stereocenters. The smallest absolute Gasteiger partial charge is 0.412 e. The highest BCUT2D eigenvalue weighted by molar-refractivity contribution is 6.23. The predicted molar refractivity (Wildman–Crippen MR) is 138 cm³/mol. The van der Waals surface area contributed by atoms with Crippen LogP contribution in [0.4, 0.5) is 10.5 Å².